The summed E-state index contributed by atoms with van der Waals surface area (Å²) in [5, 5.41) is 3.54. The zero-order chi connectivity index (χ0) is 13.1. The molecule has 1 heterocycles. The van der Waals surface area contributed by atoms with Crippen LogP contribution in [0.5, 0.6) is 0 Å². The molecule has 94 valence electrons. The molecule has 0 fully saturated rings. The molecule has 1 aromatic heterocycles. The highest BCUT2D eigenvalue weighted by molar-refractivity contribution is 7.16. The fourth-order valence-electron chi connectivity index (χ4n) is 1.46. The second-order valence-electron chi connectivity index (χ2n) is 3.62. The molecular formula is C12H10Cl2N2OS. The number of nitrogens with two attached hydrogens (primary N) is 1. The van der Waals surface area contributed by atoms with Gasteiger partial charge in [0.25, 0.3) is 0 Å². The van der Waals surface area contributed by atoms with Crippen LogP contribution in [0.4, 0.5) is 5.69 Å². The Balaban J connectivity index is 2.06. The second-order valence-corrected chi connectivity index (χ2v) is 5.83. The van der Waals surface area contributed by atoms with Crippen LogP contribution in [0.2, 0.25) is 9.36 Å². The molecule has 1 aromatic carbocycles. The van der Waals surface area contributed by atoms with Crippen molar-refractivity contribution in [3.05, 3.63) is 50.1 Å². The normalized spacial score (nSPS) is 10.3. The molecule has 2 aromatic rings. The van der Waals surface area contributed by atoms with Gasteiger partial charge in [-0.3, -0.25) is 4.79 Å². The molecule has 0 aliphatic carbocycles. The fourth-order valence-corrected chi connectivity index (χ4v) is 2.76. The Kier molecular flexibility index (Phi) is 4.11. The molecular weight excluding hydrogens is 291 g/mol. The molecule has 0 atom stereocenters. The third-order valence-electron chi connectivity index (χ3n) is 2.33. The van der Waals surface area contributed by atoms with E-state index in [-0.39, 0.29) is 0 Å². The number of benzene rings is 1. The SMILES string of the molecule is NC(=O)c1ccc(NCc2ccc(Cl)s2)cc1Cl. The summed E-state index contributed by atoms with van der Waals surface area (Å²) in [5.41, 5.74) is 6.32. The van der Waals surface area contributed by atoms with Gasteiger partial charge in [0.05, 0.1) is 14.9 Å². The number of rotatable bonds is 4. The predicted molar refractivity (Wildman–Crippen MR) is 76.6 cm³/mol. The quantitative estimate of drug-likeness (QED) is 0.903. The van der Waals surface area contributed by atoms with Crippen LogP contribution in [0, 0.1) is 0 Å². The van der Waals surface area contributed by atoms with Crippen molar-refractivity contribution in [3.8, 4) is 0 Å². The van der Waals surface area contributed by atoms with Gasteiger partial charge in [0.15, 0.2) is 0 Å². The van der Waals surface area contributed by atoms with Crippen molar-refractivity contribution in [3.63, 3.8) is 0 Å². The van der Waals surface area contributed by atoms with Gasteiger partial charge in [0.1, 0.15) is 0 Å². The maximum atomic E-state index is 11.0. The Morgan fingerprint density at radius 1 is 1.28 bits per heavy atom. The summed E-state index contributed by atoms with van der Waals surface area (Å²) in [6, 6.07) is 8.86. The lowest BCUT2D eigenvalue weighted by atomic mass is 10.2. The number of anilines is 1. The van der Waals surface area contributed by atoms with E-state index in [9.17, 15) is 4.79 Å². The van der Waals surface area contributed by atoms with Crippen molar-refractivity contribution in [2.75, 3.05) is 5.32 Å². The smallest absolute Gasteiger partial charge is 0.250 e. The van der Waals surface area contributed by atoms with E-state index in [1.54, 1.807) is 18.2 Å². The van der Waals surface area contributed by atoms with Gasteiger partial charge in [-0.25, -0.2) is 0 Å². The zero-order valence-corrected chi connectivity index (χ0v) is 11.6. The first-order valence-corrected chi connectivity index (χ1v) is 6.71. The number of thiophene rings is 1. The Morgan fingerprint density at radius 3 is 2.61 bits per heavy atom. The lowest BCUT2D eigenvalue weighted by molar-refractivity contribution is 0.100. The van der Waals surface area contributed by atoms with E-state index >= 15 is 0 Å². The third kappa shape index (κ3) is 3.16. The van der Waals surface area contributed by atoms with Gasteiger partial charge >= 0.3 is 0 Å². The zero-order valence-electron chi connectivity index (χ0n) is 9.24. The summed E-state index contributed by atoms with van der Waals surface area (Å²) in [5.74, 6) is -0.531. The third-order valence-corrected chi connectivity index (χ3v) is 3.87. The monoisotopic (exact) mass is 300 g/mol. The Labute approximate surface area is 119 Å². The van der Waals surface area contributed by atoms with Crippen LogP contribution < -0.4 is 11.1 Å². The van der Waals surface area contributed by atoms with Gasteiger partial charge in [0.2, 0.25) is 5.91 Å². The van der Waals surface area contributed by atoms with Crippen molar-refractivity contribution in [1.82, 2.24) is 0 Å². The molecule has 2 rings (SSSR count). The first-order valence-electron chi connectivity index (χ1n) is 5.13. The molecule has 0 aliphatic heterocycles. The largest absolute Gasteiger partial charge is 0.380 e. The molecule has 6 heteroatoms. The standard InChI is InChI=1S/C12H10Cl2N2OS/c13-10-5-7(1-3-9(10)12(15)17)16-6-8-2-4-11(14)18-8/h1-5,16H,6H2,(H2,15,17). The summed E-state index contributed by atoms with van der Waals surface area (Å²) < 4.78 is 0.758. The molecule has 0 radical (unpaired) electrons. The number of hydrogen-bond acceptors (Lipinski definition) is 3. The maximum Gasteiger partial charge on any atom is 0.250 e. The average Bonchev–Trinajstić information content (AvgIpc) is 2.72. The summed E-state index contributed by atoms with van der Waals surface area (Å²) in [6.45, 7) is 0.656. The highest BCUT2D eigenvalue weighted by Gasteiger charge is 2.07. The van der Waals surface area contributed by atoms with E-state index < -0.39 is 5.91 Å². The van der Waals surface area contributed by atoms with Crippen LogP contribution in [-0.4, -0.2) is 5.91 Å². The first kappa shape index (κ1) is 13.2. The molecule has 0 aliphatic rings. The van der Waals surface area contributed by atoms with E-state index in [1.807, 2.05) is 12.1 Å². The Morgan fingerprint density at radius 2 is 2.06 bits per heavy atom. The fraction of sp³-hybridized carbons (Fsp3) is 0.0833. The van der Waals surface area contributed by atoms with Gasteiger partial charge in [-0.15, -0.1) is 11.3 Å². The van der Waals surface area contributed by atoms with Crippen molar-refractivity contribution in [2.24, 2.45) is 5.73 Å². The Hall–Kier alpha value is -1.23. The van der Waals surface area contributed by atoms with E-state index in [2.05, 4.69) is 5.32 Å². The summed E-state index contributed by atoms with van der Waals surface area (Å²) in [4.78, 5) is 12.1. The first-order chi connectivity index (χ1) is 8.56. The van der Waals surface area contributed by atoms with E-state index in [0.717, 1.165) is 14.9 Å². The minimum atomic E-state index is -0.531. The van der Waals surface area contributed by atoms with Crippen LogP contribution in [0.15, 0.2) is 30.3 Å². The van der Waals surface area contributed by atoms with Gasteiger partial charge in [-0.05, 0) is 30.3 Å². The van der Waals surface area contributed by atoms with Crippen LogP contribution in [0.3, 0.4) is 0 Å². The lowest BCUT2D eigenvalue weighted by Gasteiger charge is -2.07. The highest BCUT2D eigenvalue weighted by Crippen LogP contribution is 2.24. The maximum absolute atomic E-state index is 11.0. The number of hydrogen-bond donors (Lipinski definition) is 2. The summed E-state index contributed by atoms with van der Waals surface area (Å²) in [7, 11) is 0. The van der Waals surface area contributed by atoms with Crippen molar-refractivity contribution < 1.29 is 4.79 Å². The highest BCUT2D eigenvalue weighted by atomic mass is 35.5. The van der Waals surface area contributed by atoms with Gasteiger partial charge in [-0.2, -0.15) is 0 Å². The second kappa shape index (κ2) is 5.61. The molecule has 1 amide bonds. The van der Waals surface area contributed by atoms with Crippen molar-refractivity contribution in [2.45, 2.75) is 6.54 Å². The molecule has 0 unspecified atom stereocenters. The van der Waals surface area contributed by atoms with Gasteiger partial charge < -0.3 is 11.1 Å². The molecule has 0 saturated carbocycles. The average molecular weight is 301 g/mol. The summed E-state index contributed by atoms with van der Waals surface area (Å²) in [6.07, 6.45) is 0. The van der Waals surface area contributed by atoms with Gasteiger partial charge in [-0.1, -0.05) is 23.2 Å². The molecule has 18 heavy (non-hydrogen) atoms. The topological polar surface area (TPSA) is 55.1 Å². The molecule has 0 saturated heterocycles. The molecule has 0 bridgehead atoms. The van der Waals surface area contributed by atoms with E-state index in [1.165, 1.54) is 11.3 Å². The van der Waals surface area contributed by atoms with E-state index in [4.69, 9.17) is 28.9 Å². The minimum Gasteiger partial charge on any atom is -0.380 e. The molecule has 3 nitrogen and oxygen atoms in total. The van der Waals surface area contributed by atoms with Crippen LogP contribution in [0.1, 0.15) is 15.2 Å². The number of primary amides is 1. The minimum absolute atomic E-state index is 0.321. The molecule has 0 spiro atoms. The molecule has 3 N–H and O–H groups in total. The number of carbonyl (C=O) groups is 1. The number of amides is 1. The van der Waals surface area contributed by atoms with Crippen LogP contribution in [0.25, 0.3) is 0 Å². The Bertz CT molecular complexity index is 583. The number of nitrogens with one attached hydrogen (secondary N) is 1. The van der Waals surface area contributed by atoms with Crippen molar-refractivity contribution in [1.29, 1.82) is 0 Å². The predicted octanol–water partition coefficient (Wildman–Crippen LogP) is 3.77. The van der Waals surface area contributed by atoms with Crippen molar-refractivity contribution >= 4 is 46.1 Å². The van der Waals surface area contributed by atoms with E-state index in [0.29, 0.717) is 17.1 Å². The summed E-state index contributed by atoms with van der Waals surface area (Å²) >= 11 is 13.3. The number of halogens is 2. The lowest BCUT2D eigenvalue weighted by Crippen LogP contribution is -2.11. The number of carbonyl (C=O) groups excluding carboxylic acids is 1. The van der Waals surface area contributed by atoms with Crippen LogP contribution in [-0.2, 0) is 6.54 Å². The van der Waals surface area contributed by atoms with Crippen LogP contribution >= 0.6 is 34.5 Å². The van der Waals surface area contributed by atoms with Gasteiger partial charge in [0, 0.05) is 17.1 Å².